The average Bonchev–Trinajstić information content (AvgIpc) is 2.79. The van der Waals surface area contributed by atoms with Crippen LogP contribution in [-0.2, 0) is 0 Å². The number of nitrogens with zero attached hydrogens (tertiary/aromatic N) is 2. The van der Waals surface area contributed by atoms with Crippen LogP contribution in [0.25, 0.3) is 5.69 Å². The molecule has 0 fully saturated rings. The van der Waals surface area contributed by atoms with Crippen molar-refractivity contribution in [3.63, 3.8) is 0 Å². The lowest BCUT2D eigenvalue weighted by Crippen LogP contribution is -2.31. The molecule has 2 N–H and O–H groups in total. The van der Waals surface area contributed by atoms with Crippen molar-refractivity contribution in [3.8, 4) is 5.69 Å². The molecule has 7 heteroatoms. The fourth-order valence-corrected chi connectivity index (χ4v) is 2.42. The Kier molecular flexibility index (Phi) is 7.75. The number of carbonyl (C=O) groups excluding carboxylic acids is 1. The quantitative estimate of drug-likeness (QED) is 0.732. The number of rotatable bonds is 6. The molecule has 0 bridgehead atoms. The highest BCUT2D eigenvalue weighted by Crippen LogP contribution is 2.23. The van der Waals surface area contributed by atoms with Crippen molar-refractivity contribution in [3.05, 3.63) is 45.7 Å². The summed E-state index contributed by atoms with van der Waals surface area (Å²) in [6, 6.07) is 7.46. The lowest BCUT2D eigenvalue weighted by atomic mass is 10.2. The van der Waals surface area contributed by atoms with E-state index < -0.39 is 0 Å². The van der Waals surface area contributed by atoms with Gasteiger partial charge in [0.2, 0.25) is 0 Å². The van der Waals surface area contributed by atoms with Crippen LogP contribution in [0.1, 0.15) is 28.7 Å². The third kappa shape index (κ3) is 4.80. The van der Waals surface area contributed by atoms with Gasteiger partial charge in [0.15, 0.2) is 0 Å². The number of benzene rings is 1. The maximum Gasteiger partial charge on any atom is 0.251 e. The van der Waals surface area contributed by atoms with E-state index in [1.165, 1.54) is 0 Å². The molecule has 126 valence electrons. The third-order valence-corrected chi connectivity index (χ3v) is 4.56. The van der Waals surface area contributed by atoms with Crippen LogP contribution in [0.15, 0.2) is 28.7 Å². The normalized spacial score (nSPS) is 10.3. The monoisotopic (exact) mass is 400 g/mol. The van der Waals surface area contributed by atoms with Crippen molar-refractivity contribution >= 4 is 34.2 Å². The van der Waals surface area contributed by atoms with Gasteiger partial charge in [0, 0.05) is 18.7 Å². The SMILES string of the molecule is CCNCCNC(=O)c1ccc(-n2nc(C)c(Br)c2C)cc1.Cl. The first-order valence-corrected chi connectivity index (χ1v) is 8.15. The molecule has 0 spiro atoms. The number of carbonyl (C=O) groups is 1. The third-order valence-electron chi connectivity index (χ3n) is 3.41. The summed E-state index contributed by atoms with van der Waals surface area (Å²) in [7, 11) is 0. The molecule has 2 rings (SSSR count). The summed E-state index contributed by atoms with van der Waals surface area (Å²) in [5, 5.41) is 10.5. The van der Waals surface area contributed by atoms with E-state index >= 15 is 0 Å². The number of hydrogen-bond acceptors (Lipinski definition) is 3. The minimum Gasteiger partial charge on any atom is -0.351 e. The molecule has 0 atom stereocenters. The zero-order valence-electron chi connectivity index (χ0n) is 13.5. The number of hydrogen-bond donors (Lipinski definition) is 2. The van der Waals surface area contributed by atoms with Crippen LogP contribution in [0.3, 0.4) is 0 Å². The van der Waals surface area contributed by atoms with Crippen molar-refractivity contribution in [2.45, 2.75) is 20.8 Å². The van der Waals surface area contributed by atoms with Crippen molar-refractivity contribution in [1.82, 2.24) is 20.4 Å². The summed E-state index contributed by atoms with van der Waals surface area (Å²) in [6.45, 7) is 8.31. The van der Waals surface area contributed by atoms with Crippen LogP contribution < -0.4 is 10.6 Å². The minimum absolute atomic E-state index is 0. The highest BCUT2D eigenvalue weighted by molar-refractivity contribution is 9.10. The summed E-state index contributed by atoms with van der Waals surface area (Å²) in [5.41, 5.74) is 3.58. The molecule has 0 saturated heterocycles. The molecule has 0 radical (unpaired) electrons. The average molecular weight is 402 g/mol. The number of nitrogens with one attached hydrogen (secondary N) is 2. The van der Waals surface area contributed by atoms with E-state index in [2.05, 4.69) is 31.7 Å². The summed E-state index contributed by atoms with van der Waals surface area (Å²) in [5.74, 6) is -0.0565. The predicted molar refractivity (Wildman–Crippen MR) is 98.9 cm³/mol. The molecule has 1 aromatic heterocycles. The van der Waals surface area contributed by atoms with Crippen molar-refractivity contribution in [2.24, 2.45) is 0 Å². The summed E-state index contributed by atoms with van der Waals surface area (Å²) < 4.78 is 2.88. The Morgan fingerprint density at radius 2 is 1.87 bits per heavy atom. The maximum atomic E-state index is 12.0. The topological polar surface area (TPSA) is 58.9 Å². The zero-order chi connectivity index (χ0) is 16.1. The van der Waals surface area contributed by atoms with E-state index in [0.717, 1.165) is 34.6 Å². The van der Waals surface area contributed by atoms with Gasteiger partial charge in [-0.2, -0.15) is 5.10 Å². The molecule has 2 aromatic rings. The molecule has 1 amide bonds. The zero-order valence-corrected chi connectivity index (χ0v) is 15.9. The van der Waals surface area contributed by atoms with Crippen LogP contribution in [0.4, 0.5) is 0 Å². The molecule has 1 aromatic carbocycles. The van der Waals surface area contributed by atoms with Crippen molar-refractivity contribution in [1.29, 1.82) is 0 Å². The summed E-state index contributed by atoms with van der Waals surface area (Å²) in [6.07, 6.45) is 0. The first kappa shape index (κ1) is 19.7. The summed E-state index contributed by atoms with van der Waals surface area (Å²) in [4.78, 5) is 12.0. The van der Waals surface area contributed by atoms with Gasteiger partial charge in [0.1, 0.15) is 0 Å². The van der Waals surface area contributed by atoms with Crippen molar-refractivity contribution in [2.75, 3.05) is 19.6 Å². The number of aromatic nitrogens is 2. The Morgan fingerprint density at radius 3 is 2.39 bits per heavy atom. The molecular formula is C16H22BrClN4O. The molecule has 23 heavy (non-hydrogen) atoms. The number of aryl methyl sites for hydroxylation is 1. The predicted octanol–water partition coefficient (Wildman–Crippen LogP) is 3.01. The smallest absolute Gasteiger partial charge is 0.251 e. The van der Waals surface area contributed by atoms with Gasteiger partial charge < -0.3 is 10.6 Å². The highest BCUT2D eigenvalue weighted by Gasteiger charge is 2.11. The first-order valence-electron chi connectivity index (χ1n) is 7.35. The van der Waals surface area contributed by atoms with Gasteiger partial charge in [-0.25, -0.2) is 4.68 Å². The Morgan fingerprint density at radius 1 is 1.22 bits per heavy atom. The van der Waals surface area contributed by atoms with Crippen LogP contribution >= 0.6 is 28.3 Å². The van der Waals surface area contributed by atoms with E-state index in [4.69, 9.17) is 0 Å². The summed E-state index contributed by atoms with van der Waals surface area (Å²) >= 11 is 3.52. The second-order valence-electron chi connectivity index (χ2n) is 5.05. The first-order chi connectivity index (χ1) is 10.5. The second kappa shape index (κ2) is 9.05. The van der Waals surface area contributed by atoms with Gasteiger partial charge in [0.05, 0.1) is 21.5 Å². The number of halogens is 2. The van der Waals surface area contributed by atoms with Gasteiger partial charge in [-0.15, -0.1) is 12.4 Å². The number of likely N-dealkylation sites (N-methyl/N-ethyl adjacent to an activating group) is 1. The molecule has 0 aliphatic heterocycles. The van der Waals surface area contributed by atoms with Gasteiger partial charge in [-0.3, -0.25) is 4.79 Å². The van der Waals surface area contributed by atoms with Crippen LogP contribution in [-0.4, -0.2) is 35.3 Å². The second-order valence-corrected chi connectivity index (χ2v) is 5.85. The fraction of sp³-hybridized carbons (Fsp3) is 0.375. The maximum absolute atomic E-state index is 12.0. The molecular weight excluding hydrogens is 380 g/mol. The Balaban J connectivity index is 0.00000264. The van der Waals surface area contributed by atoms with Gasteiger partial charge in [-0.1, -0.05) is 6.92 Å². The number of amides is 1. The Hall–Kier alpha value is -1.37. The van der Waals surface area contributed by atoms with Crippen LogP contribution in [0.5, 0.6) is 0 Å². The van der Waals surface area contributed by atoms with Gasteiger partial charge in [0.25, 0.3) is 5.91 Å². The van der Waals surface area contributed by atoms with Crippen LogP contribution in [0.2, 0.25) is 0 Å². The van der Waals surface area contributed by atoms with Crippen LogP contribution in [0, 0.1) is 13.8 Å². The molecule has 0 saturated carbocycles. The van der Waals surface area contributed by atoms with E-state index in [0.29, 0.717) is 12.1 Å². The van der Waals surface area contributed by atoms with E-state index in [9.17, 15) is 4.79 Å². The largest absolute Gasteiger partial charge is 0.351 e. The van der Waals surface area contributed by atoms with Gasteiger partial charge in [-0.05, 0) is 60.6 Å². The minimum atomic E-state index is -0.0565. The highest BCUT2D eigenvalue weighted by atomic mass is 79.9. The molecule has 0 aliphatic carbocycles. The lowest BCUT2D eigenvalue weighted by molar-refractivity contribution is 0.0954. The molecule has 0 unspecified atom stereocenters. The molecule has 1 heterocycles. The van der Waals surface area contributed by atoms with E-state index in [1.807, 2.05) is 49.7 Å². The Bertz CT molecular complexity index is 655. The standard InChI is InChI=1S/C16H21BrN4O.ClH/c1-4-18-9-10-19-16(22)13-5-7-14(8-6-13)21-12(3)15(17)11(2)20-21;/h5-8,18H,4,9-10H2,1-3H3,(H,19,22);1H. The Labute approximate surface area is 151 Å². The van der Waals surface area contributed by atoms with Gasteiger partial charge >= 0.3 is 0 Å². The lowest BCUT2D eigenvalue weighted by Gasteiger charge is -2.08. The van der Waals surface area contributed by atoms with E-state index in [-0.39, 0.29) is 18.3 Å². The fourth-order valence-electron chi connectivity index (χ4n) is 2.17. The molecule has 5 nitrogen and oxygen atoms in total. The van der Waals surface area contributed by atoms with Crippen molar-refractivity contribution < 1.29 is 4.79 Å². The van der Waals surface area contributed by atoms with E-state index in [1.54, 1.807) is 0 Å². The molecule has 0 aliphatic rings.